The maximum atomic E-state index is 5.26. The quantitative estimate of drug-likeness (QED) is 0.857. The van der Waals surface area contributed by atoms with E-state index in [4.69, 9.17) is 4.52 Å². The van der Waals surface area contributed by atoms with E-state index in [0.29, 0.717) is 0 Å². The molecular formula is C11H13BrN2O. The average Bonchev–Trinajstić information content (AvgIpc) is 2.59. The van der Waals surface area contributed by atoms with Crippen LogP contribution in [0.15, 0.2) is 27.2 Å². The van der Waals surface area contributed by atoms with Crippen molar-refractivity contribution in [1.82, 2.24) is 10.1 Å². The normalized spacial score (nSPS) is 11.5. The maximum absolute atomic E-state index is 5.26. The fraction of sp³-hybridized carbons (Fsp3) is 0.364. The second-order valence-corrected chi connectivity index (χ2v) is 4.65. The molecule has 0 saturated heterocycles. The lowest BCUT2D eigenvalue weighted by Gasteiger charge is -2.06. The van der Waals surface area contributed by atoms with Crippen molar-refractivity contribution in [2.24, 2.45) is 0 Å². The highest BCUT2D eigenvalue weighted by atomic mass is 79.9. The van der Waals surface area contributed by atoms with E-state index in [-0.39, 0.29) is 0 Å². The smallest absolute Gasteiger partial charge is 0.168 e. The predicted octanol–water partition coefficient (Wildman–Crippen LogP) is 2.69. The predicted molar refractivity (Wildman–Crippen MR) is 64.0 cm³/mol. The fourth-order valence-electron chi connectivity index (χ4n) is 1.51. The second-order valence-electron chi connectivity index (χ2n) is 3.80. The van der Waals surface area contributed by atoms with Crippen LogP contribution in [0, 0.1) is 0 Å². The number of aromatic nitrogens is 1. The van der Waals surface area contributed by atoms with Gasteiger partial charge in [-0.1, -0.05) is 11.2 Å². The van der Waals surface area contributed by atoms with Crippen LogP contribution in [0.2, 0.25) is 0 Å². The molecule has 0 aliphatic rings. The number of rotatable bonds is 3. The minimum Gasteiger partial charge on any atom is -0.356 e. The van der Waals surface area contributed by atoms with E-state index < -0.39 is 0 Å². The molecule has 0 atom stereocenters. The van der Waals surface area contributed by atoms with Crippen molar-refractivity contribution in [3.8, 4) is 0 Å². The Bertz CT molecular complexity index is 465. The molecule has 0 saturated carbocycles. The van der Waals surface area contributed by atoms with E-state index in [1.807, 2.05) is 18.2 Å². The molecule has 3 nitrogen and oxygen atoms in total. The zero-order valence-corrected chi connectivity index (χ0v) is 10.4. The van der Waals surface area contributed by atoms with E-state index in [1.165, 1.54) is 0 Å². The second kappa shape index (κ2) is 4.33. The van der Waals surface area contributed by atoms with E-state index in [9.17, 15) is 0 Å². The summed E-state index contributed by atoms with van der Waals surface area (Å²) in [6, 6.07) is 5.90. The van der Waals surface area contributed by atoms with Gasteiger partial charge in [0.05, 0.1) is 11.1 Å². The van der Waals surface area contributed by atoms with Crippen molar-refractivity contribution in [1.29, 1.82) is 0 Å². The lowest BCUT2D eigenvalue weighted by atomic mass is 10.2. The molecule has 0 N–H and O–H groups in total. The van der Waals surface area contributed by atoms with Gasteiger partial charge in [-0.05, 0) is 42.2 Å². The van der Waals surface area contributed by atoms with Gasteiger partial charge in [-0.3, -0.25) is 0 Å². The Hall–Kier alpha value is -0.870. The summed E-state index contributed by atoms with van der Waals surface area (Å²) in [5.74, 6) is 0. The molecular weight excluding hydrogens is 256 g/mol. The van der Waals surface area contributed by atoms with Gasteiger partial charge in [0.2, 0.25) is 0 Å². The van der Waals surface area contributed by atoms with Gasteiger partial charge >= 0.3 is 0 Å². The highest BCUT2D eigenvalue weighted by molar-refractivity contribution is 9.10. The lowest BCUT2D eigenvalue weighted by molar-refractivity contribution is 0.398. The van der Waals surface area contributed by atoms with Crippen LogP contribution in [-0.4, -0.2) is 30.7 Å². The molecule has 2 aromatic rings. The molecule has 1 aromatic heterocycles. The van der Waals surface area contributed by atoms with Gasteiger partial charge in [-0.25, -0.2) is 0 Å². The molecule has 0 amide bonds. The van der Waals surface area contributed by atoms with Crippen LogP contribution >= 0.6 is 15.9 Å². The number of likely N-dealkylation sites (N-methyl/N-ethyl adjacent to an activating group) is 1. The summed E-state index contributed by atoms with van der Waals surface area (Å²) in [7, 11) is 4.11. The Labute approximate surface area is 97.2 Å². The number of hydrogen-bond acceptors (Lipinski definition) is 3. The van der Waals surface area contributed by atoms with Gasteiger partial charge in [-0.15, -0.1) is 0 Å². The molecule has 1 heterocycles. The third-order valence-electron chi connectivity index (χ3n) is 2.31. The molecule has 0 aliphatic carbocycles. The first-order valence-electron chi connectivity index (χ1n) is 4.86. The molecule has 15 heavy (non-hydrogen) atoms. The Morgan fingerprint density at radius 2 is 2.20 bits per heavy atom. The first kappa shape index (κ1) is 10.6. The first-order chi connectivity index (χ1) is 7.18. The molecule has 80 valence electrons. The standard InChI is InChI=1S/C11H13BrN2O/c1-14(2)7-6-9-11-8(12)4-3-5-10(11)15-13-9/h3-5H,6-7H2,1-2H3. The van der Waals surface area contributed by atoms with Crippen LogP contribution < -0.4 is 0 Å². The van der Waals surface area contributed by atoms with Gasteiger partial charge in [0.15, 0.2) is 5.58 Å². The van der Waals surface area contributed by atoms with Crippen molar-refractivity contribution in [2.45, 2.75) is 6.42 Å². The summed E-state index contributed by atoms with van der Waals surface area (Å²) < 4.78 is 6.31. The molecule has 1 aromatic carbocycles. The first-order valence-corrected chi connectivity index (χ1v) is 5.65. The Balaban J connectivity index is 2.35. The summed E-state index contributed by atoms with van der Waals surface area (Å²) >= 11 is 3.52. The van der Waals surface area contributed by atoms with Crippen LogP contribution in [0.5, 0.6) is 0 Å². The average molecular weight is 269 g/mol. The molecule has 4 heteroatoms. The van der Waals surface area contributed by atoms with Crippen LogP contribution in [0.1, 0.15) is 5.69 Å². The fourth-order valence-corrected chi connectivity index (χ4v) is 2.09. The van der Waals surface area contributed by atoms with Crippen LogP contribution in [0.4, 0.5) is 0 Å². The zero-order chi connectivity index (χ0) is 10.8. The molecule has 0 fully saturated rings. The summed E-state index contributed by atoms with van der Waals surface area (Å²) in [5, 5.41) is 5.19. The maximum Gasteiger partial charge on any atom is 0.168 e. The largest absolute Gasteiger partial charge is 0.356 e. The number of nitrogens with zero attached hydrogens (tertiary/aromatic N) is 2. The number of benzene rings is 1. The lowest BCUT2D eigenvalue weighted by Crippen LogP contribution is -2.15. The number of halogens is 1. The van der Waals surface area contributed by atoms with Gasteiger partial charge in [-0.2, -0.15) is 0 Å². The van der Waals surface area contributed by atoms with Crippen LogP contribution in [0.3, 0.4) is 0 Å². The Kier molecular flexibility index (Phi) is 3.07. The van der Waals surface area contributed by atoms with Crippen molar-refractivity contribution < 1.29 is 4.52 Å². The van der Waals surface area contributed by atoms with Crippen LogP contribution in [0.25, 0.3) is 11.0 Å². The minimum absolute atomic E-state index is 0.845. The Morgan fingerprint density at radius 3 is 2.93 bits per heavy atom. The Morgan fingerprint density at radius 1 is 1.40 bits per heavy atom. The number of fused-ring (bicyclic) bond motifs is 1. The monoisotopic (exact) mass is 268 g/mol. The zero-order valence-electron chi connectivity index (χ0n) is 8.83. The topological polar surface area (TPSA) is 29.3 Å². The van der Waals surface area contributed by atoms with Gasteiger partial charge in [0, 0.05) is 17.4 Å². The minimum atomic E-state index is 0.845. The van der Waals surface area contributed by atoms with Crippen molar-refractivity contribution in [3.05, 3.63) is 28.4 Å². The summed E-state index contributed by atoms with van der Waals surface area (Å²) in [6.07, 6.45) is 0.905. The van der Waals surface area contributed by atoms with Crippen molar-refractivity contribution in [3.63, 3.8) is 0 Å². The highest BCUT2D eigenvalue weighted by Crippen LogP contribution is 2.27. The third-order valence-corrected chi connectivity index (χ3v) is 2.97. The van der Waals surface area contributed by atoms with Gasteiger partial charge in [0.1, 0.15) is 0 Å². The summed E-state index contributed by atoms with van der Waals surface area (Å²) in [5.41, 5.74) is 1.87. The molecule has 0 spiro atoms. The summed E-state index contributed by atoms with van der Waals surface area (Å²) in [6.45, 7) is 0.975. The van der Waals surface area contributed by atoms with Crippen molar-refractivity contribution >= 4 is 26.9 Å². The molecule has 2 rings (SSSR count). The SMILES string of the molecule is CN(C)CCc1noc2cccc(Br)c12. The van der Waals surface area contributed by atoms with E-state index in [0.717, 1.165) is 34.1 Å². The van der Waals surface area contributed by atoms with Gasteiger partial charge in [0.25, 0.3) is 0 Å². The van der Waals surface area contributed by atoms with Crippen molar-refractivity contribution in [2.75, 3.05) is 20.6 Å². The summed E-state index contributed by atoms with van der Waals surface area (Å²) in [4.78, 5) is 2.14. The number of hydrogen-bond donors (Lipinski definition) is 0. The van der Waals surface area contributed by atoms with E-state index in [1.54, 1.807) is 0 Å². The van der Waals surface area contributed by atoms with E-state index >= 15 is 0 Å². The van der Waals surface area contributed by atoms with Gasteiger partial charge < -0.3 is 9.42 Å². The molecule has 0 radical (unpaired) electrons. The third kappa shape index (κ3) is 2.21. The highest BCUT2D eigenvalue weighted by Gasteiger charge is 2.10. The van der Waals surface area contributed by atoms with E-state index in [2.05, 4.69) is 40.1 Å². The molecule has 0 unspecified atom stereocenters. The van der Waals surface area contributed by atoms with Crippen LogP contribution in [-0.2, 0) is 6.42 Å². The molecule has 0 aliphatic heterocycles. The molecule has 0 bridgehead atoms.